The molecule has 1 aromatic carbocycles. The molecule has 0 atom stereocenters. The molecule has 0 bridgehead atoms. The number of Topliss-reactive ketones (excluding diaryl/α,β-unsaturated/α-hetero) is 1. The Labute approximate surface area is 133 Å². The second-order valence-corrected chi connectivity index (χ2v) is 6.27. The summed E-state index contributed by atoms with van der Waals surface area (Å²) < 4.78 is 7.83. The molecular formula is C16H19BrN2O2. The Kier molecular flexibility index (Phi) is 5.31. The van der Waals surface area contributed by atoms with Crippen LogP contribution in [0.15, 0.2) is 34.8 Å². The Morgan fingerprint density at radius 1 is 1.33 bits per heavy atom. The summed E-state index contributed by atoms with van der Waals surface area (Å²) in [4.78, 5) is 12.0. The summed E-state index contributed by atoms with van der Waals surface area (Å²) in [6.45, 7) is 5.08. The van der Waals surface area contributed by atoms with Crippen molar-refractivity contribution in [1.29, 1.82) is 0 Å². The second kappa shape index (κ2) is 7.00. The van der Waals surface area contributed by atoms with Gasteiger partial charge >= 0.3 is 0 Å². The third-order valence-corrected chi connectivity index (χ3v) is 3.55. The number of carbonyl (C=O) groups excluding carboxylic acids is 1. The Morgan fingerprint density at radius 3 is 2.57 bits per heavy atom. The van der Waals surface area contributed by atoms with Gasteiger partial charge in [-0.25, -0.2) is 0 Å². The van der Waals surface area contributed by atoms with Crippen molar-refractivity contribution in [2.75, 3.05) is 13.7 Å². The highest BCUT2D eigenvalue weighted by molar-refractivity contribution is 9.10. The molecule has 0 saturated heterocycles. The standard InChI is InChI=1S/C16H19BrN2O2/c1-11(2)9-19-15(12-4-6-13(17)7-5-12)8-14(18-19)16(20)10-21-3/h4-8,11H,9-10H2,1-3H3. The van der Waals surface area contributed by atoms with Crippen molar-refractivity contribution in [3.63, 3.8) is 0 Å². The smallest absolute Gasteiger partial charge is 0.208 e. The molecule has 4 nitrogen and oxygen atoms in total. The third-order valence-electron chi connectivity index (χ3n) is 3.02. The van der Waals surface area contributed by atoms with E-state index < -0.39 is 0 Å². The summed E-state index contributed by atoms with van der Waals surface area (Å²) in [6.07, 6.45) is 0. The molecule has 0 aliphatic rings. The van der Waals surface area contributed by atoms with Crippen molar-refractivity contribution in [1.82, 2.24) is 9.78 Å². The highest BCUT2D eigenvalue weighted by atomic mass is 79.9. The van der Waals surface area contributed by atoms with E-state index in [0.29, 0.717) is 11.6 Å². The van der Waals surface area contributed by atoms with Crippen LogP contribution in [0.5, 0.6) is 0 Å². The van der Waals surface area contributed by atoms with Crippen LogP contribution in [-0.4, -0.2) is 29.3 Å². The minimum atomic E-state index is -0.0987. The Morgan fingerprint density at radius 2 is 2.00 bits per heavy atom. The number of rotatable bonds is 6. The van der Waals surface area contributed by atoms with Gasteiger partial charge in [-0.1, -0.05) is 41.9 Å². The van der Waals surface area contributed by atoms with E-state index in [-0.39, 0.29) is 12.4 Å². The summed E-state index contributed by atoms with van der Waals surface area (Å²) in [5.41, 5.74) is 2.45. The fourth-order valence-corrected chi connectivity index (χ4v) is 2.36. The fourth-order valence-electron chi connectivity index (χ4n) is 2.10. The monoisotopic (exact) mass is 350 g/mol. The van der Waals surface area contributed by atoms with Gasteiger partial charge in [0, 0.05) is 18.1 Å². The lowest BCUT2D eigenvalue weighted by Gasteiger charge is -2.09. The van der Waals surface area contributed by atoms with Gasteiger partial charge in [0.05, 0.1) is 5.69 Å². The molecule has 0 spiro atoms. The molecule has 0 fully saturated rings. The van der Waals surface area contributed by atoms with Gasteiger partial charge in [0.25, 0.3) is 0 Å². The second-order valence-electron chi connectivity index (χ2n) is 5.35. The molecule has 0 amide bonds. The van der Waals surface area contributed by atoms with E-state index in [4.69, 9.17) is 4.74 Å². The number of ketones is 1. The number of carbonyl (C=O) groups is 1. The van der Waals surface area contributed by atoms with Crippen LogP contribution >= 0.6 is 15.9 Å². The molecule has 0 radical (unpaired) electrons. The molecule has 0 aliphatic heterocycles. The highest BCUT2D eigenvalue weighted by Gasteiger charge is 2.16. The van der Waals surface area contributed by atoms with Crippen molar-refractivity contribution < 1.29 is 9.53 Å². The highest BCUT2D eigenvalue weighted by Crippen LogP contribution is 2.24. The Balaban J connectivity index is 2.41. The summed E-state index contributed by atoms with van der Waals surface area (Å²) in [6, 6.07) is 9.84. The van der Waals surface area contributed by atoms with E-state index in [2.05, 4.69) is 34.9 Å². The first-order chi connectivity index (χ1) is 10.0. The number of benzene rings is 1. The van der Waals surface area contributed by atoms with Gasteiger partial charge in [0.1, 0.15) is 12.3 Å². The van der Waals surface area contributed by atoms with Gasteiger partial charge in [-0.3, -0.25) is 9.48 Å². The SMILES string of the molecule is COCC(=O)c1cc(-c2ccc(Br)cc2)n(CC(C)C)n1. The molecule has 112 valence electrons. The number of halogens is 1. The van der Waals surface area contributed by atoms with E-state index in [9.17, 15) is 4.79 Å². The lowest BCUT2D eigenvalue weighted by Crippen LogP contribution is -2.11. The van der Waals surface area contributed by atoms with Gasteiger partial charge < -0.3 is 4.74 Å². The van der Waals surface area contributed by atoms with Crippen molar-refractivity contribution in [3.05, 3.63) is 40.5 Å². The van der Waals surface area contributed by atoms with Crippen molar-refractivity contribution in [2.45, 2.75) is 20.4 Å². The first-order valence-corrected chi connectivity index (χ1v) is 7.66. The molecule has 0 aliphatic carbocycles. The van der Waals surface area contributed by atoms with Crippen LogP contribution in [0.2, 0.25) is 0 Å². The summed E-state index contributed by atoms with van der Waals surface area (Å²) in [5, 5.41) is 4.44. The minimum Gasteiger partial charge on any atom is -0.376 e. The van der Waals surface area contributed by atoms with Crippen LogP contribution in [0.25, 0.3) is 11.3 Å². The molecular weight excluding hydrogens is 332 g/mol. The topological polar surface area (TPSA) is 44.1 Å². The van der Waals surface area contributed by atoms with Crippen LogP contribution in [0.3, 0.4) is 0 Å². The van der Waals surface area contributed by atoms with E-state index >= 15 is 0 Å². The van der Waals surface area contributed by atoms with Gasteiger partial charge in [-0.2, -0.15) is 5.10 Å². The molecule has 5 heteroatoms. The predicted molar refractivity (Wildman–Crippen MR) is 86.4 cm³/mol. The molecule has 0 unspecified atom stereocenters. The number of hydrogen-bond donors (Lipinski definition) is 0. The largest absolute Gasteiger partial charge is 0.376 e. The number of aromatic nitrogens is 2. The first-order valence-electron chi connectivity index (χ1n) is 6.87. The van der Waals surface area contributed by atoms with E-state index in [1.807, 2.05) is 35.0 Å². The number of methoxy groups -OCH3 is 1. The average molecular weight is 351 g/mol. The third kappa shape index (κ3) is 4.02. The molecule has 2 aromatic rings. The Hall–Kier alpha value is -1.46. The van der Waals surface area contributed by atoms with Crippen LogP contribution in [0, 0.1) is 5.92 Å². The minimum absolute atomic E-state index is 0.0540. The van der Waals surface area contributed by atoms with Crippen LogP contribution in [-0.2, 0) is 11.3 Å². The Bertz CT molecular complexity index is 618. The maximum Gasteiger partial charge on any atom is 0.208 e. The lowest BCUT2D eigenvalue weighted by molar-refractivity contribution is 0.0842. The van der Waals surface area contributed by atoms with Gasteiger partial charge in [0.15, 0.2) is 0 Å². The molecule has 0 saturated carbocycles. The van der Waals surface area contributed by atoms with Crippen molar-refractivity contribution >= 4 is 21.7 Å². The molecule has 1 heterocycles. The van der Waals surface area contributed by atoms with Gasteiger partial charge in [0.2, 0.25) is 5.78 Å². The molecule has 21 heavy (non-hydrogen) atoms. The van der Waals surface area contributed by atoms with E-state index in [0.717, 1.165) is 22.3 Å². The maximum atomic E-state index is 12.0. The zero-order valence-corrected chi connectivity index (χ0v) is 14.1. The lowest BCUT2D eigenvalue weighted by atomic mass is 10.1. The van der Waals surface area contributed by atoms with Crippen molar-refractivity contribution in [3.8, 4) is 11.3 Å². The number of nitrogens with zero attached hydrogens (tertiary/aromatic N) is 2. The normalized spacial score (nSPS) is 11.1. The predicted octanol–water partition coefficient (Wildman–Crippen LogP) is 3.80. The summed E-state index contributed by atoms with van der Waals surface area (Å²) >= 11 is 3.43. The van der Waals surface area contributed by atoms with Crippen molar-refractivity contribution in [2.24, 2.45) is 5.92 Å². The van der Waals surface area contributed by atoms with Gasteiger partial charge in [-0.15, -0.1) is 0 Å². The van der Waals surface area contributed by atoms with E-state index in [1.54, 1.807) is 0 Å². The maximum absolute atomic E-state index is 12.0. The van der Waals surface area contributed by atoms with Crippen LogP contribution in [0.4, 0.5) is 0 Å². The molecule has 0 N–H and O–H groups in total. The zero-order chi connectivity index (χ0) is 15.4. The first kappa shape index (κ1) is 15.9. The summed E-state index contributed by atoms with van der Waals surface area (Å²) in [5.74, 6) is 0.350. The van der Waals surface area contributed by atoms with Crippen LogP contribution in [0.1, 0.15) is 24.3 Å². The quantitative estimate of drug-likeness (QED) is 0.744. The average Bonchev–Trinajstić information content (AvgIpc) is 2.83. The number of ether oxygens (including phenoxy) is 1. The number of hydrogen-bond acceptors (Lipinski definition) is 3. The van der Waals surface area contributed by atoms with Crippen LogP contribution < -0.4 is 0 Å². The molecule has 1 aromatic heterocycles. The zero-order valence-electron chi connectivity index (χ0n) is 12.5. The van der Waals surface area contributed by atoms with E-state index in [1.165, 1.54) is 7.11 Å². The fraction of sp³-hybridized carbons (Fsp3) is 0.375. The summed E-state index contributed by atoms with van der Waals surface area (Å²) in [7, 11) is 1.51. The van der Waals surface area contributed by atoms with Gasteiger partial charge in [-0.05, 0) is 29.7 Å². The molecule has 2 rings (SSSR count).